The van der Waals surface area contributed by atoms with Crippen LogP contribution >= 0.6 is 22.9 Å². The summed E-state index contributed by atoms with van der Waals surface area (Å²) in [5, 5.41) is 4.27. The van der Waals surface area contributed by atoms with E-state index < -0.39 is 34.3 Å². The quantitative estimate of drug-likeness (QED) is 0.510. The molecule has 3 rings (SSSR count). The molecular formula is C20H16ClFN2O5S2. The van der Waals surface area contributed by atoms with Gasteiger partial charge in [0.2, 0.25) is 5.91 Å². The fourth-order valence-electron chi connectivity index (χ4n) is 2.64. The smallest absolute Gasteiger partial charge is 0.339 e. The highest BCUT2D eigenvalue weighted by Gasteiger charge is 2.28. The van der Waals surface area contributed by atoms with E-state index in [1.54, 1.807) is 11.4 Å². The summed E-state index contributed by atoms with van der Waals surface area (Å²) < 4.78 is 45.0. The van der Waals surface area contributed by atoms with E-state index in [1.807, 2.05) is 0 Å². The second-order valence-corrected chi connectivity index (χ2v) is 9.60. The van der Waals surface area contributed by atoms with Crippen LogP contribution < -0.4 is 9.62 Å². The van der Waals surface area contributed by atoms with Gasteiger partial charge >= 0.3 is 5.97 Å². The molecule has 7 nitrogen and oxygen atoms in total. The van der Waals surface area contributed by atoms with Crippen molar-refractivity contribution in [2.45, 2.75) is 4.21 Å². The van der Waals surface area contributed by atoms with E-state index >= 15 is 0 Å². The predicted octanol–water partition coefficient (Wildman–Crippen LogP) is 4.16. The van der Waals surface area contributed by atoms with Gasteiger partial charge < -0.3 is 10.1 Å². The summed E-state index contributed by atoms with van der Waals surface area (Å²) in [6, 6.07) is 11.9. The molecule has 0 unspecified atom stereocenters. The molecule has 0 fully saturated rings. The zero-order chi connectivity index (χ0) is 22.6. The first-order chi connectivity index (χ1) is 14.7. The molecular weight excluding hydrogens is 467 g/mol. The SMILES string of the molecule is COC(=O)c1cc(NC(=O)CN(c2ccc(F)cc2)S(=O)(=O)c2cccs2)ccc1Cl. The molecule has 1 heterocycles. The van der Waals surface area contributed by atoms with Crippen molar-refractivity contribution >= 4 is 56.2 Å². The Hall–Kier alpha value is -2.95. The first kappa shape index (κ1) is 22.7. The van der Waals surface area contributed by atoms with Crippen molar-refractivity contribution in [3.8, 4) is 0 Å². The third kappa shape index (κ3) is 5.22. The van der Waals surface area contributed by atoms with Crippen LogP contribution in [0.2, 0.25) is 5.02 Å². The number of sulfonamides is 1. The van der Waals surface area contributed by atoms with Crippen LogP contribution in [0.25, 0.3) is 0 Å². The number of hydrogen-bond donors (Lipinski definition) is 1. The van der Waals surface area contributed by atoms with Crippen molar-refractivity contribution in [1.82, 2.24) is 0 Å². The van der Waals surface area contributed by atoms with Gasteiger partial charge in [0.1, 0.15) is 16.6 Å². The molecule has 3 aromatic rings. The predicted molar refractivity (Wildman–Crippen MR) is 117 cm³/mol. The highest BCUT2D eigenvalue weighted by Crippen LogP contribution is 2.27. The molecule has 0 saturated carbocycles. The molecule has 0 aliphatic carbocycles. The summed E-state index contributed by atoms with van der Waals surface area (Å²) in [6.07, 6.45) is 0. The number of nitrogens with one attached hydrogen (secondary N) is 1. The fourth-order valence-corrected chi connectivity index (χ4v) is 5.36. The molecule has 2 aromatic carbocycles. The lowest BCUT2D eigenvalue weighted by Crippen LogP contribution is -2.37. The number of ether oxygens (including phenoxy) is 1. The van der Waals surface area contributed by atoms with E-state index in [0.29, 0.717) is 0 Å². The number of methoxy groups -OCH3 is 1. The van der Waals surface area contributed by atoms with E-state index in [2.05, 4.69) is 10.1 Å². The monoisotopic (exact) mass is 482 g/mol. The normalized spacial score (nSPS) is 11.1. The lowest BCUT2D eigenvalue weighted by atomic mass is 10.2. The van der Waals surface area contributed by atoms with Gasteiger partial charge in [-0.1, -0.05) is 17.7 Å². The number of halogens is 2. The van der Waals surface area contributed by atoms with E-state index in [1.165, 1.54) is 43.5 Å². The van der Waals surface area contributed by atoms with Crippen molar-refractivity contribution in [2.24, 2.45) is 0 Å². The van der Waals surface area contributed by atoms with E-state index in [-0.39, 0.29) is 26.2 Å². The molecule has 0 aliphatic heterocycles. The summed E-state index contributed by atoms with van der Waals surface area (Å²) in [7, 11) is -2.88. The minimum Gasteiger partial charge on any atom is -0.465 e. The number of benzene rings is 2. The molecule has 11 heteroatoms. The van der Waals surface area contributed by atoms with E-state index in [0.717, 1.165) is 27.8 Å². The number of carbonyl (C=O) groups excluding carboxylic acids is 2. The van der Waals surface area contributed by atoms with Crippen LogP contribution in [0.3, 0.4) is 0 Å². The van der Waals surface area contributed by atoms with Gasteiger partial charge in [0.25, 0.3) is 10.0 Å². The first-order valence-corrected chi connectivity index (χ1v) is 11.4. The van der Waals surface area contributed by atoms with Crippen molar-refractivity contribution in [3.05, 3.63) is 76.4 Å². The number of nitrogens with zero attached hydrogens (tertiary/aromatic N) is 1. The van der Waals surface area contributed by atoms with Crippen LogP contribution in [0.4, 0.5) is 15.8 Å². The van der Waals surface area contributed by atoms with Gasteiger partial charge in [-0.15, -0.1) is 11.3 Å². The Morgan fingerprint density at radius 1 is 1.16 bits per heavy atom. The van der Waals surface area contributed by atoms with Crippen LogP contribution in [0.15, 0.2) is 64.2 Å². The zero-order valence-electron chi connectivity index (χ0n) is 16.0. The van der Waals surface area contributed by atoms with Crippen molar-refractivity contribution in [2.75, 3.05) is 23.3 Å². The Kier molecular flexibility index (Phi) is 6.94. The number of anilines is 2. The minimum atomic E-state index is -4.07. The maximum Gasteiger partial charge on any atom is 0.339 e. The average Bonchev–Trinajstić information content (AvgIpc) is 3.29. The molecule has 1 N–H and O–H groups in total. The Balaban J connectivity index is 1.89. The van der Waals surface area contributed by atoms with Crippen molar-refractivity contribution in [3.63, 3.8) is 0 Å². The Morgan fingerprint density at radius 3 is 2.48 bits per heavy atom. The van der Waals surface area contributed by atoms with E-state index in [4.69, 9.17) is 11.6 Å². The van der Waals surface area contributed by atoms with Crippen molar-refractivity contribution < 1.29 is 27.1 Å². The van der Waals surface area contributed by atoms with Crippen LogP contribution in [0.1, 0.15) is 10.4 Å². The molecule has 0 spiro atoms. The molecule has 0 saturated heterocycles. The van der Waals surface area contributed by atoms with Gasteiger partial charge in [-0.05, 0) is 53.9 Å². The van der Waals surface area contributed by atoms with Crippen LogP contribution in [-0.4, -0.2) is 33.9 Å². The van der Waals surface area contributed by atoms with Gasteiger partial charge in [-0.3, -0.25) is 9.10 Å². The highest BCUT2D eigenvalue weighted by atomic mass is 35.5. The standard InChI is InChI=1S/C20H16ClFN2O5S2/c1-29-20(26)16-11-14(6-9-17(16)21)23-18(25)12-24(15-7-4-13(22)5-8-15)31(27,28)19-3-2-10-30-19/h2-11H,12H2,1H3,(H,23,25). The second-order valence-electron chi connectivity index (χ2n) is 6.15. The number of carbonyl (C=O) groups is 2. The molecule has 162 valence electrons. The van der Waals surface area contributed by atoms with Gasteiger partial charge in [0, 0.05) is 5.69 Å². The maximum absolute atomic E-state index is 13.3. The van der Waals surface area contributed by atoms with Gasteiger partial charge in [-0.25, -0.2) is 17.6 Å². The molecule has 1 amide bonds. The molecule has 0 aliphatic rings. The average molecular weight is 483 g/mol. The topological polar surface area (TPSA) is 92.8 Å². The maximum atomic E-state index is 13.3. The van der Waals surface area contributed by atoms with Gasteiger partial charge in [0.05, 0.1) is 23.4 Å². The van der Waals surface area contributed by atoms with Crippen LogP contribution in [0.5, 0.6) is 0 Å². The number of amides is 1. The highest BCUT2D eigenvalue weighted by molar-refractivity contribution is 7.94. The molecule has 31 heavy (non-hydrogen) atoms. The largest absolute Gasteiger partial charge is 0.465 e. The minimum absolute atomic E-state index is 0.0316. The number of rotatable bonds is 7. The summed E-state index contributed by atoms with van der Waals surface area (Å²) in [4.78, 5) is 24.5. The molecule has 0 radical (unpaired) electrons. The first-order valence-electron chi connectivity index (χ1n) is 8.72. The summed E-state index contributed by atoms with van der Waals surface area (Å²) in [5.41, 5.74) is 0.391. The number of thiophene rings is 1. The van der Waals surface area contributed by atoms with Gasteiger partial charge in [0.15, 0.2) is 0 Å². The van der Waals surface area contributed by atoms with Crippen LogP contribution in [0, 0.1) is 5.82 Å². The third-order valence-electron chi connectivity index (χ3n) is 4.10. The van der Waals surface area contributed by atoms with Gasteiger partial charge in [-0.2, -0.15) is 0 Å². The van der Waals surface area contributed by atoms with Crippen molar-refractivity contribution in [1.29, 1.82) is 0 Å². The van der Waals surface area contributed by atoms with E-state index in [9.17, 15) is 22.4 Å². The second kappa shape index (κ2) is 9.46. The molecule has 0 bridgehead atoms. The summed E-state index contributed by atoms with van der Waals surface area (Å²) in [6.45, 7) is -0.581. The summed E-state index contributed by atoms with van der Waals surface area (Å²) in [5.74, 6) is -1.91. The summed E-state index contributed by atoms with van der Waals surface area (Å²) >= 11 is 6.96. The zero-order valence-corrected chi connectivity index (χ0v) is 18.4. The lowest BCUT2D eigenvalue weighted by molar-refractivity contribution is -0.114. The number of hydrogen-bond acceptors (Lipinski definition) is 6. The third-order valence-corrected chi connectivity index (χ3v) is 7.57. The van der Waals surface area contributed by atoms with Crippen LogP contribution in [-0.2, 0) is 19.6 Å². The Bertz CT molecular complexity index is 1200. The fraction of sp³-hybridized carbons (Fsp3) is 0.100. The lowest BCUT2D eigenvalue weighted by Gasteiger charge is -2.23. The molecule has 0 atom stereocenters. The molecule has 1 aromatic heterocycles. The Labute approximate surface area is 187 Å². The Morgan fingerprint density at radius 2 is 1.87 bits per heavy atom. The number of esters is 1.